The Hall–Kier alpha value is -1.07. The zero-order valence-corrected chi connectivity index (χ0v) is 13.5. The lowest BCUT2D eigenvalue weighted by Gasteiger charge is -2.08. The van der Waals surface area contributed by atoms with Gasteiger partial charge in [0.05, 0.1) is 0 Å². The van der Waals surface area contributed by atoms with E-state index in [1.165, 1.54) is 11.1 Å². The molecule has 0 bridgehead atoms. The molecule has 0 atom stereocenters. The number of carbonyl (C=O) groups excluding carboxylic acids is 1. The van der Waals surface area contributed by atoms with Crippen molar-refractivity contribution < 1.29 is 4.79 Å². The third-order valence-corrected chi connectivity index (χ3v) is 4.31. The number of amides is 1. The first-order valence-electron chi connectivity index (χ1n) is 6.27. The Morgan fingerprint density at radius 2 is 2.26 bits per heavy atom. The van der Waals surface area contributed by atoms with Crippen molar-refractivity contribution in [3.63, 3.8) is 0 Å². The number of carbonyl (C=O) groups is 1. The quantitative estimate of drug-likeness (QED) is 0.878. The van der Waals surface area contributed by atoms with E-state index in [2.05, 4.69) is 45.9 Å². The summed E-state index contributed by atoms with van der Waals surface area (Å²) in [5.74, 6) is -0.0234. The van der Waals surface area contributed by atoms with E-state index in [1.807, 2.05) is 16.8 Å². The van der Waals surface area contributed by atoms with Crippen molar-refractivity contribution in [1.29, 1.82) is 0 Å². The third kappa shape index (κ3) is 3.48. The van der Waals surface area contributed by atoms with Crippen LogP contribution in [0.15, 0.2) is 27.5 Å². The van der Waals surface area contributed by atoms with Crippen LogP contribution in [0.25, 0.3) is 0 Å². The van der Waals surface area contributed by atoms with Crippen LogP contribution >= 0.6 is 27.3 Å². The predicted molar refractivity (Wildman–Crippen MR) is 82.6 cm³/mol. The van der Waals surface area contributed by atoms with Gasteiger partial charge in [0.15, 0.2) is 0 Å². The van der Waals surface area contributed by atoms with Crippen LogP contribution in [0.4, 0.5) is 0 Å². The number of thiophene rings is 1. The molecular formula is C14H17BrN2OS. The maximum absolute atomic E-state index is 12.2. The maximum Gasteiger partial charge on any atom is 0.268 e. The number of nitrogens with zero attached hydrogens (tertiary/aromatic N) is 1. The molecule has 1 N–H and O–H groups in total. The summed E-state index contributed by atoms with van der Waals surface area (Å²) in [4.78, 5) is 12.2. The minimum absolute atomic E-state index is 0.0234. The van der Waals surface area contributed by atoms with Gasteiger partial charge in [0.1, 0.15) is 5.69 Å². The molecule has 0 saturated carbocycles. The molecule has 3 nitrogen and oxygen atoms in total. The first-order valence-corrected chi connectivity index (χ1v) is 8.01. The van der Waals surface area contributed by atoms with Gasteiger partial charge in [-0.1, -0.05) is 6.92 Å². The van der Waals surface area contributed by atoms with Crippen LogP contribution in [0, 0.1) is 6.92 Å². The fourth-order valence-corrected chi connectivity index (χ4v) is 3.25. The van der Waals surface area contributed by atoms with Crippen LogP contribution in [-0.4, -0.2) is 10.5 Å². The summed E-state index contributed by atoms with van der Waals surface area (Å²) >= 11 is 5.09. The van der Waals surface area contributed by atoms with E-state index >= 15 is 0 Å². The lowest BCUT2D eigenvalue weighted by molar-refractivity contribution is 0.0941. The van der Waals surface area contributed by atoms with Crippen molar-refractivity contribution in [3.05, 3.63) is 44.3 Å². The minimum atomic E-state index is -0.0234. The monoisotopic (exact) mass is 340 g/mol. The fourth-order valence-electron chi connectivity index (χ4n) is 1.93. The number of nitrogens with one attached hydrogen (secondary N) is 1. The summed E-state index contributed by atoms with van der Waals surface area (Å²) in [5.41, 5.74) is 3.13. The molecular weight excluding hydrogens is 324 g/mol. The van der Waals surface area contributed by atoms with Crippen LogP contribution in [0.3, 0.4) is 0 Å². The van der Waals surface area contributed by atoms with E-state index in [0.29, 0.717) is 12.2 Å². The van der Waals surface area contributed by atoms with Gasteiger partial charge in [0.25, 0.3) is 5.91 Å². The molecule has 0 unspecified atom stereocenters. The van der Waals surface area contributed by atoms with Crippen LogP contribution in [0.5, 0.6) is 0 Å². The summed E-state index contributed by atoms with van der Waals surface area (Å²) in [6.45, 7) is 5.60. The molecule has 2 rings (SSSR count). The molecule has 0 spiro atoms. The summed E-state index contributed by atoms with van der Waals surface area (Å²) < 4.78 is 2.93. The second-order valence-electron chi connectivity index (χ2n) is 4.50. The molecule has 0 saturated heterocycles. The van der Waals surface area contributed by atoms with E-state index in [1.54, 1.807) is 11.3 Å². The van der Waals surface area contributed by atoms with Crippen molar-refractivity contribution in [1.82, 2.24) is 9.88 Å². The maximum atomic E-state index is 12.2. The normalized spacial score (nSPS) is 10.7. The van der Waals surface area contributed by atoms with Crippen LogP contribution in [-0.2, 0) is 13.1 Å². The van der Waals surface area contributed by atoms with E-state index in [9.17, 15) is 4.79 Å². The van der Waals surface area contributed by atoms with Gasteiger partial charge in [-0.25, -0.2) is 0 Å². The lowest BCUT2D eigenvalue weighted by atomic mass is 10.2. The molecule has 0 aliphatic heterocycles. The highest BCUT2D eigenvalue weighted by molar-refractivity contribution is 9.10. The van der Waals surface area contributed by atoms with Crippen molar-refractivity contribution >= 4 is 33.2 Å². The Labute approximate surface area is 125 Å². The second-order valence-corrected chi connectivity index (χ2v) is 6.16. The average Bonchev–Trinajstić information content (AvgIpc) is 2.93. The highest BCUT2D eigenvalue weighted by Crippen LogP contribution is 2.17. The largest absolute Gasteiger partial charge is 0.347 e. The number of hydrogen-bond acceptors (Lipinski definition) is 2. The molecule has 0 aliphatic rings. The van der Waals surface area contributed by atoms with E-state index in [0.717, 1.165) is 17.4 Å². The van der Waals surface area contributed by atoms with Crippen molar-refractivity contribution in [2.45, 2.75) is 33.4 Å². The van der Waals surface area contributed by atoms with Gasteiger partial charge in [-0.3, -0.25) is 4.79 Å². The van der Waals surface area contributed by atoms with E-state index < -0.39 is 0 Å². The van der Waals surface area contributed by atoms with Crippen LogP contribution < -0.4 is 5.32 Å². The van der Waals surface area contributed by atoms with Gasteiger partial charge in [-0.2, -0.15) is 11.3 Å². The second kappa shape index (κ2) is 6.39. The van der Waals surface area contributed by atoms with Crippen molar-refractivity contribution in [3.8, 4) is 0 Å². The topological polar surface area (TPSA) is 34.0 Å². The molecule has 1 amide bonds. The molecule has 2 aromatic heterocycles. The van der Waals surface area contributed by atoms with Crippen LogP contribution in [0.2, 0.25) is 0 Å². The van der Waals surface area contributed by atoms with Gasteiger partial charge in [0.2, 0.25) is 0 Å². The molecule has 5 heteroatoms. The van der Waals surface area contributed by atoms with Gasteiger partial charge in [-0.05, 0) is 57.2 Å². The first kappa shape index (κ1) is 14.3. The molecule has 0 aliphatic carbocycles. The van der Waals surface area contributed by atoms with Gasteiger partial charge in [-0.15, -0.1) is 0 Å². The van der Waals surface area contributed by atoms with Crippen molar-refractivity contribution in [2.75, 3.05) is 0 Å². The molecule has 102 valence electrons. The molecule has 0 radical (unpaired) electrons. The minimum Gasteiger partial charge on any atom is -0.347 e. The molecule has 19 heavy (non-hydrogen) atoms. The summed E-state index contributed by atoms with van der Waals surface area (Å²) in [5, 5.41) is 7.16. The Bertz CT molecular complexity index is 574. The number of halogens is 1. The van der Waals surface area contributed by atoms with E-state index in [-0.39, 0.29) is 5.91 Å². The Kier molecular flexibility index (Phi) is 4.82. The zero-order chi connectivity index (χ0) is 13.8. The summed E-state index contributed by atoms with van der Waals surface area (Å²) in [6, 6.07) is 1.87. The molecule has 0 fully saturated rings. The molecule has 2 heterocycles. The van der Waals surface area contributed by atoms with Gasteiger partial charge < -0.3 is 9.88 Å². The van der Waals surface area contributed by atoms with Gasteiger partial charge in [0, 0.05) is 23.8 Å². The predicted octanol–water partition coefficient (Wildman–Crippen LogP) is 3.96. The van der Waals surface area contributed by atoms with Crippen molar-refractivity contribution in [2.24, 2.45) is 0 Å². The Morgan fingerprint density at radius 3 is 2.89 bits per heavy atom. The summed E-state index contributed by atoms with van der Waals surface area (Å²) in [6.07, 6.45) is 2.96. The standard InChI is InChI=1S/C14H17BrN2OS/c1-3-4-17-7-12(15)5-13(17)14(18)16-6-11-9-19-8-10(11)2/h5,7-9H,3-4,6H2,1-2H3,(H,16,18). The highest BCUT2D eigenvalue weighted by Gasteiger charge is 2.12. The summed E-state index contributed by atoms with van der Waals surface area (Å²) in [7, 11) is 0. The van der Waals surface area contributed by atoms with E-state index in [4.69, 9.17) is 0 Å². The molecule has 2 aromatic rings. The average molecular weight is 341 g/mol. The fraction of sp³-hybridized carbons (Fsp3) is 0.357. The first-order chi connectivity index (χ1) is 9.11. The SMILES string of the molecule is CCCn1cc(Br)cc1C(=O)NCc1cscc1C. The number of aromatic nitrogens is 1. The lowest BCUT2D eigenvalue weighted by Crippen LogP contribution is -2.25. The highest BCUT2D eigenvalue weighted by atomic mass is 79.9. The molecule has 0 aromatic carbocycles. The number of hydrogen-bond donors (Lipinski definition) is 1. The Morgan fingerprint density at radius 1 is 1.47 bits per heavy atom. The van der Waals surface area contributed by atoms with Crippen LogP contribution in [0.1, 0.15) is 35.0 Å². The smallest absolute Gasteiger partial charge is 0.268 e. The number of aryl methyl sites for hydroxylation is 2. The zero-order valence-electron chi connectivity index (χ0n) is 11.1. The third-order valence-electron chi connectivity index (χ3n) is 2.96. The van der Waals surface area contributed by atoms with Gasteiger partial charge >= 0.3 is 0 Å². The number of rotatable bonds is 5. The Balaban J connectivity index is 2.05.